The fourth-order valence-corrected chi connectivity index (χ4v) is 2.08. The Morgan fingerprint density at radius 2 is 1.96 bits per heavy atom. The molecule has 2 N–H and O–H groups in total. The van der Waals surface area contributed by atoms with Crippen molar-refractivity contribution < 1.29 is 23.5 Å². The maximum atomic E-state index is 11.8. The first-order chi connectivity index (χ1) is 13.0. The minimum atomic E-state index is -0.449. The number of amides is 2. The molecule has 0 aliphatic heterocycles. The van der Waals surface area contributed by atoms with Gasteiger partial charge in [-0.25, -0.2) is 5.43 Å². The van der Waals surface area contributed by atoms with Crippen LogP contribution in [-0.4, -0.2) is 38.3 Å². The van der Waals surface area contributed by atoms with Gasteiger partial charge in [-0.15, -0.1) is 0 Å². The van der Waals surface area contributed by atoms with Gasteiger partial charge in [0.1, 0.15) is 5.76 Å². The molecule has 2 aromatic rings. The van der Waals surface area contributed by atoms with Gasteiger partial charge in [-0.1, -0.05) is 0 Å². The lowest BCUT2D eigenvalue weighted by Crippen LogP contribution is -2.34. The van der Waals surface area contributed by atoms with Crippen molar-refractivity contribution in [1.29, 1.82) is 0 Å². The van der Waals surface area contributed by atoms with Crippen molar-refractivity contribution in [2.75, 3.05) is 20.8 Å². The first kappa shape index (κ1) is 19.8. The molecule has 0 unspecified atom stereocenters. The average Bonchev–Trinajstić information content (AvgIpc) is 3.21. The third kappa shape index (κ3) is 6.03. The first-order valence-corrected chi connectivity index (χ1v) is 8.08. The summed E-state index contributed by atoms with van der Waals surface area (Å²) in [6, 6.07) is 8.73. The molecule has 0 spiro atoms. The molecule has 0 fully saturated rings. The van der Waals surface area contributed by atoms with E-state index in [1.165, 1.54) is 18.4 Å². The van der Waals surface area contributed by atoms with Crippen molar-refractivity contribution in [1.82, 2.24) is 10.7 Å². The van der Waals surface area contributed by atoms with E-state index in [1.807, 2.05) is 0 Å². The SMILES string of the molecule is COc1ccc(C(C)=NNC(=O)CNC(=O)C=Cc2ccco2)cc1OC. The molecule has 1 aromatic carbocycles. The smallest absolute Gasteiger partial charge is 0.259 e. The molecule has 0 aliphatic carbocycles. The van der Waals surface area contributed by atoms with Crippen molar-refractivity contribution in [2.45, 2.75) is 6.92 Å². The van der Waals surface area contributed by atoms with Crippen LogP contribution in [0.2, 0.25) is 0 Å². The number of hydrogen-bond donors (Lipinski definition) is 2. The molecule has 2 amide bonds. The fraction of sp³-hybridized carbons (Fsp3) is 0.211. The number of rotatable bonds is 8. The lowest BCUT2D eigenvalue weighted by Gasteiger charge is -2.09. The highest BCUT2D eigenvalue weighted by atomic mass is 16.5. The Morgan fingerprint density at radius 1 is 1.19 bits per heavy atom. The lowest BCUT2D eigenvalue weighted by atomic mass is 10.1. The molecular weight excluding hydrogens is 350 g/mol. The molecule has 0 saturated heterocycles. The van der Waals surface area contributed by atoms with E-state index < -0.39 is 11.8 Å². The summed E-state index contributed by atoms with van der Waals surface area (Å²) in [5.41, 5.74) is 3.73. The molecule has 2 rings (SSSR count). The van der Waals surface area contributed by atoms with Gasteiger partial charge in [-0.05, 0) is 43.3 Å². The second kappa shape index (κ2) is 9.81. The summed E-state index contributed by atoms with van der Waals surface area (Å²) in [7, 11) is 3.09. The first-order valence-electron chi connectivity index (χ1n) is 8.08. The molecule has 1 heterocycles. The maximum absolute atomic E-state index is 11.8. The van der Waals surface area contributed by atoms with Crippen LogP contribution in [-0.2, 0) is 9.59 Å². The van der Waals surface area contributed by atoms with Crippen LogP contribution in [0.4, 0.5) is 0 Å². The predicted molar refractivity (Wildman–Crippen MR) is 101 cm³/mol. The standard InChI is InChI=1S/C19H21N3O5/c1-13(14-6-8-16(25-2)17(11-14)26-3)21-22-19(24)12-20-18(23)9-7-15-5-4-10-27-15/h4-11H,12H2,1-3H3,(H,20,23)(H,22,24). The Morgan fingerprint density at radius 3 is 2.63 bits per heavy atom. The van der Waals surface area contributed by atoms with Crippen LogP contribution in [0.25, 0.3) is 6.08 Å². The van der Waals surface area contributed by atoms with E-state index in [1.54, 1.807) is 51.5 Å². The maximum Gasteiger partial charge on any atom is 0.259 e. The van der Waals surface area contributed by atoms with E-state index in [0.717, 1.165) is 5.56 Å². The van der Waals surface area contributed by atoms with E-state index in [2.05, 4.69) is 15.8 Å². The zero-order valence-electron chi connectivity index (χ0n) is 15.3. The van der Waals surface area contributed by atoms with Crippen molar-refractivity contribution in [3.63, 3.8) is 0 Å². The molecule has 142 valence electrons. The van der Waals surface area contributed by atoms with E-state index in [9.17, 15) is 9.59 Å². The molecule has 8 heteroatoms. The van der Waals surface area contributed by atoms with Crippen LogP contribution < -0.4 is 20.2 Å². The Bertz CT molecular complexity index is 841. The molecule has 0 bridgehead atoms. The molecule has 8 nitrogen and oxygen atoms in total. The van der Waals surface area contributed by atoms with Gasteiger partial charge in [0.25, 0.3) is 5.91 Å². The van der Waals surface area contributed by atoms with E-state index >= 15 is 0 Å². The second-order valence-corrected chi connectivity index (χ2v) is 5.37. The quantitative estimate of drug-likeness (QED) is 0.420. The number of carbonyl (C=O) groups is 2. The topological polar surface area (TPSA) is 102 Å². The summed E-state index contributed by atoms with van der Waals surface area (Å²) in [6.45, 7) is 1.54. The zero-order valence-corrected chi connectivity index (χ0v) is 15.3. The molecule has 1 aromatic heterocycles. The highest BCUT2D eigenvalue weighted by molar-refractivity contribution is 6.00. The Labute approximate surface area is 156 Å². The highest BCUT2D eigenvalue weighted by Gasteiger charge is 2.07. The van der Waals surface area contributed by atoms with Crippen LogP contribution >= 0.6 is 0 Å². The molecule has 0 radical (unpaired) electrons. The van der Waals surface area contributed by atoms with Gasteiger partial charge in [0, 0.05) is 11.6 Å². The van der Waals surface area contributed by atoms with E-state index in [4.69, 9.17) is 13.9 Å². The molecule has 0 aliphatic rings. The van der Waals surface area contributed by atoms with Gasteiger partial charge in [0.15, 0.2) is 11.5 Å². The summed E-state index contributed by atoms with van der Waals surface area (Å²) < 4.78 is 15.5. The predicted octanol–water partition coefficient (Wildman–Crippen LogP) is 1.97. The highest BCUT2D eigenvalue weighted by Crippen LogP contribution is 2.27. The molecular formula is C19H21N3O5. The van der Waals surface area contributed by atoms with Crippen molar-refractivity contribution in [3.05, 3.63) is 54.0 Å². The largest absolute Gasteiger partial charge is 0.493 e. The number of furan rings is 1. The fourth-order valence-electron chi connectivity index (χ4n) is 2.08. The Hall–Kier alpha value is -3.55. The van der Waals surface area contributed by atoms with E-state index in [0.29, 0.717) is 23.0 Å². The summed E-state index contributed by atoms with van der Waals surface area (Å²) in [4.78, 5) is 23.5. The minimum absolute atomic E-state index is 0.204. The van der Waals surface area contributed by atoms with Crippen LogP contribution in [0.15, 0.2) is 52.2 Å². The number of benzene rings is 1. The number of nitrogens with one attached hydrogen (secondary N) is 2. The van der Waals surface area contributed by atoms with Crippen LogP contribution in [0.1, 0.15) is 18.2 Å². The van der Waals surface area contributed by atoms with Crippen LogP contribution in [0, 0.1) is 0 Å². The van der Waals surface area contributed by atoms with Gasteiger partial charge in [0.2, 0.25) is 5.91 Å². The van der Waals surface area contributed by atoms with Crippen molar-refractivity contribution in [2.24, 2.45) is 5.10 Å². The van der Waals surface area contributed by atoms with Gasteiger partial charge >= 0.3 is 0 Å². The van der Waals surface area contributed by atoms with Gasteiger partial charge in [-0.2, -0.15) is 5.10 Å². The number of carbonyl (C=O) groups excluding carboxylic acids is 2. The second-order valence-electron chi connectivity index (χ2n) is 5.37. The number of hydrogen-bond acceptors (Lipinski definition) is 6. The zero-order chi connectivity index (χ0) is 19.6. The number of ether oxygens (including phenoxy) is 2. The lowest BCUT2D eigenvalue weighted by molar-refractivity contribution is -0.123. The number of hydrazone groups is 1. The van der Waals surface area contributed by atoms with Crippen LogP contribution in [0.5, 0.6) is 11.5 Å². The normalized spacial score (nSPS) is 11.3. The monoisotopic (exact) mass is 371 g/mol. The third-order valence-corrected chi connectivity index (χ3v) is 3.51. The molecule has 27 heavy (non-hydrogen) atoms. The number of nitrogens with zero attached hydrogens (tertiary/aromatic N) is 1. The van der Waals surface area contributed by atoms with Crippen molar-refractivity contribution >= 4 is 23.6 Å². The van der Waals surface area contributed by atoms with Crippen molar-refractivity contribution in [3.8, 4) is 11.5 Å². The van der Waals surface area contributed by atoms with E-state index in [-0.39, 0.29) is 6.54 Å². The Kier molecular flexibility index (Phi) is 7.18. The Balaban J connectivity index is 1.85. The minimum Gasteiger partial charge on any atom is -0.493 e. The molecule has 0 saturated carbocycles. The van der Waals surface area contributed by atoms with Gasteiger partial charge in [0.05, 0.1) is 32.7 Å². The average molecular weight is 371 g/mol. The van der Waals surface area contributed by atoms with Gasteiger partial charge in [-0.3, -0.25) is 9.59 Å². The summed E-state index contributed by atoms with van der Waals surface area (Å²) in [6.07, 6.45) is 4.29. The summed E-state index contributed by atoms with van der Waals surface area (Å²) in [5, 5.41) is 6.48. The van der Waals surface area contributed by atoms with Crippen LogP contribution in [0.3, 0.4) is 0 Å². The summed E-state index contributed by atoms with van der Waals surface area (Å²) >= 11 is 0. The summed E-state index contributed by atoms with van der Waals surface area (Å²) in [5.74, 6) is 0.844. The third-order valence-electron chi connectivity index (χ3n) is 3.51. The number of methoxy groups -OCH3 is 2. The van der Waals surface area contributed by atoms with Gasteiger partial charge < -0.3 is 19.2 Å². The molecule has 0 atom stereocenters.